The number of amides is 2. The van der Waals surface area contributed by atoms with Gasteiger partial charge >= 0.3 is 0 Å². The SMILES string of the molecule is CCNC(=O)c1ccc2c(c1)NC(=O)C2=C(Nc1ccc(CN2CCCCC2)cc1)c1ccccc1. The van der Waals surface area contributed by atoms with E-state index in [1.54, 1.807) is 12.1 Å². The molecule has 3 aromatic carbocycles. The molecule has 2 aliphatic rings. The fourth-order valence-electron chi connectivity index (χ4n) is 4.92. The molecule has 184 valence electrons. The monoisotopic (exact) mass is 480 g/mol. The first-order chi connectivity index (χ1) is 17.6. The molecule has 0 atom stereocenters. The van der Waals surface area contributed by atoms with E-state index >= 15 is 0 Å². The highest BCUT2D eigenvalue weighted by Crippen LogP contribution is 2.38. The maximum atomic E-state index is 13.2. The number of carbonyl (C=O) groups excluding carboxylic acids is 2. The second-order valence-corrected chi connectivity index (χ2v) is 9.35. The predicted octanol–water partition coefficient (Wildman–Crippen LogP) is 5.35. The number of nitrogens with zero attached hydrogens (tertiary/aromatic N) is 1. The van der Waals surface area contributed by atoms with Crippen molar-refractivity contribution in [2.45, 2.75) is 32.7 Å². The summed E-state index contributed by atoms with van der Waals surface area (Å²) in [6, 6.07) is 23.7. The Kier molecular flexibility index (Phi) is 7.14. The van der Waals surface area contributed by atoms with E-state index in [-0.39, 0.29) is 11.8 Å². The molecule has 0 radical (unpaired) electrons. The Morgan fingerprint density at radius 1 is 0.917 bits per heavy atom. The number of benzene rings is 3. The van der Waals surface area contributed by atoms with E-state index in [0.717, 1.165) is 29.1 Å². The van der Waals surface area contributed by atoms with Crippen LogP contribution in [0.25, 0.3) is 11.3 Å². The molecule has 5 rings (SSSR count). The van der Waals surface area contributed by atoms with Gasteiger partial charge in [-0.15, -0.1) is 0 Å². The van der Waals surface area contributed by atoms with E-state index in [9.17, 15) is 9.59 Å². The van der Waals surface area contributed by atoms with Crippen molar-refractivity contribution in [3.05, 3.63) is 95.1 Å². The van der Waals surface area contributed by atoms with E-state index in [4.69, 9.17) is 0 Å². The summed E-state index contributed by atoms with van der Waals surface area (Å²) in [5, 5.41) is 9.28. The molecule has 0 bridgehead atoms. The Bertz CT molecular complexity index is 1280. The molecule has 0 saturated carbocycles. The van der Waals surface area contributed by atoms with Crippen LogP contribution < -0.4 is 16.0 Å². The summed E-state index contributed by atoms with van der Waals surface area (Å²) in [7, 11) is 0. The van der Waals surface area contributed by atoms with Crippen LogP contribution in [0.3, 0.4) is 0 Å². The maximum Gasteiger partial charge on any atom is 0.258 e. The van der Waals surface area contributed by atoms with Gasteiger partial charge in [0.05, 0.1) is 11.3 Å². The van der Waals surface area contributed by atoms with Crippen molar-refractivity contribution in [2.75, 3.05) is 30.3 Å². The lowest BCUT2D eigenvalue weighted by atomic mass is 9.98. The number of hydrogen-bond acceptors (Lipinski definition) is 4. The summed E-state index contributed by atoms with van der Waals surface area (Å²) in [4.78, 5) is 28.0. The third-order valence-electron chi connectivity index (χ3n) is 6.75. The van der Waals surface area contributed by atoms with Gasteiger partial charge in [-0.2, -0.15) is 0 Å². The standard InChI is InChI=1S/C30H32N4O2/c1-2-31-29(35)23-13-16-25-26(19-23)33-30(36)27(25)28(22-9-5-3-6-10-22)32-24-14-11-21(12-15-24)20-34-17-7-4-8-18-34/h3,5-6,9-16,19,32H,2,4,7-8,17-18,20H2,1H3,(H,31,35)(H,33,36). The predicted molar refractivity (Wildman–Crippen MR) is 146 cm³/mol. The average Bonchev–Trinajstić information content (AvgIpc) is 3.24. The fraction of sp³-hybridized carbons (Fsp3) is 0.267. The first-order valence-corrected chi connectivity index (χ1v) is 12.7. The number of piperidine rings is 1. The summed E-state index contributed by atoms with van der Waals surface area (Å²) in [5.74, 6) is -0.343. The van der Waals surface area contributed by atoms with Crippen LogP contribution in [0.2, 0.25) is 0 Å². The lowest BCUT2D eigenvalue weighted by Gasteiger charge is -2.26. The Morgan fingerprint density at radius 3 is 2.39 bits per heavy atom. The van der Waals surface area contributed by atoms with Crippen LogP contribution in [0.1, 0.15) is 53.2 Å². The summed E-state index contributed by atoms with van der Waals surface area (Å²) < 4.78 is 0. The van der Waals surface area contributed by atoms with Crippen molar-refractivity contribution in [3.8, 4) is 0 Å². The van der Waals surface area contributed by atoms with Gasteiger partial charge in [0.2, 0.25) is 0 Å². The third kappa shape index (κ3) is 5.19. The van der Waals surface area contributed by atoms with Crippen LogP contribution in [0.4, 0.5) is 11.4 Å². The molecular formula is C30H32N4O2. The summed E-state index contributed by atoms with van der Waals surface area (Å²) in [6.45, 7) is 5.73. The van der Waals surface area contributed by atoms with E-state index < -0.39 is 0 Å². The lowest BCUT2D eigenvalue weighted by molar-refractivity contribution is -0.110. The van der Waals surface area contributed by atoms with Gasteiger partial charge in [-0.1, -0.05) is 55.0 Å². The zero-order valence-corrected chi connectivity index (χ0v) is 20.6. The minimum absolute atomic E-state index is 0.155. The molecule has 36 heavy (non-hydrogen) atoms. The van der Waals surface area contributed by atoms with Crippen molar-refractivity contribution in [1.29, 1.82) is 0 Å². The van der Waals surface area contributed by atoms with Crippen LogP contribution in [0, 0.1) is 0 Å². The average molecular weight is 481 g/mol. The minimum Gasteiger partial charge on any atom is -0.354 e. The van der Waals surface area contributed by atoms with Gasteiger partial charge < -0.3 is 16.0 Å². The second-order valence-electron chi connectivity index (χ2n) is 9.35. The van der Waals surface area contributed by atoms with E-state index in [1.165, 1.54) is 37.9 Å². The molecule has 2 heterocycles. The molecule has 0 aromatic heterocycles. The van der Waals surface area contributed by atoms with E-state index in [1.807, 2.05) is 43.3 Å². The molecular weight excluding hydrogens is 448 g/mol. The number of fused-ring (bicyclic) bond motifs is 1. The molecule has 0 spiro atoms. The molecule has 2 aliphatic heterocycles. The van der Waals surface area contributed by atoms with Gasteiger partial charge in [-0.05, 0) is 68.2 Å². The van der Waals surface area contributed by atoms with E-state index in [0.29, 0.717) is 23.4 Å². The molecule has 1 saturated heterocycles. The van der Waals surface area contributed by atoms with Crippen LogP contribution in [0.5, 0.6) is 0 Å². The van der Waals surface area contributed by atoms with Crippen LogP contribution in [0.15, 0.2) is 72.8 Å². The highest BCUT2D eigenvalue weighted by Gasteiger charge is 2.29. The molecule has 6 heteroatoms. The number of hydrogen-bond donors (Lipinski definition) is 3. The van der Waals surface area contributed by atoms with Gasteiger partial charge in [0.25, 0.3) is 11.8 Å². The Balaban J connectivity index is 1.46. The molecule has 6 nitrogen and oxygen atoms in total. The van der Waals surface area contributed by atoms with Crippen LogP contribution in [-0.2, 0) is 11.3 Å². The number of rotatable bonds is 7. The van der Waals surface area contributed by atoms with Crippen LogP contribution >= 0.6 is 0 Å². The summed E-state index contributed by atoms with van der Waals surface area (Å²) in [6.07, 6.45) is 3.89. The van der Waals surface area contributed by atoms with Crippen molar-refractivity contribution in [3.63, 3.8) is 0 Å². The molecule has 3 aromatic rings. The van der Waals surface area contributed by atoms with Gasteiger partial charge in [0, 0.05) is 35.6 Å². The number of likely N-dealkylation sites (tertiary alicyclic amines) is 1. The first-order valence-electron chi connectivity index (χ1n) is 12.7. The highest BCUT2D eigenvalue weighted by molar-refractivity contribution is 6.37. The lowest BCUT2D eigenvalue weighted by Crippen LogP contribution is -2.29. The topological polar surface area (TPSA) is 73.5 Å². The van der Waals surface area contributed by atoms with Crippen molar-refractivity contribution in [1.82, 2.24) is 10.2 Å². The van der Waals surface area contributed by atoms with Gasteiger partial charge in [-0.25, -0.2) is 0 Å². The number of nitrogens with one attached hydrogen (secondary N) is 3. The van der Waals surface area contributed by atoms with Crippen LogP contribution in [-0.4, -0.2) is 36.3 Å². The molecule has 0 aliphatic carbocycles. The Hall–Kier alpha value is -3.90. The van der Waals surface area contributed by atoms with Crippen molar-refractivity contribution >= 4 is 34.5 Å². The molecule has 0 unspecified atom stereocenters. The van der Waals surface area contributed by atoms with Gasteiger partial charge in [-0.3, -0.25) is 14.5 Å². The van der Waals surface area contributed by atoms with Crippen molar-refractivity contribution in [2.24, 2.45) is 0 Å². The number of anilines is 2. The van der Waals surface area contributed by atoms with E-state index in [2.05, 4.69) is 45.1 Å². The molecule has 1 fully saturated rings. The second kappa shape index (κ2) is 10.8. The Morgan fingerprint density at radius 2 is 1.67 bits per heavy atom. The highest BCUT2D eigenvalue weighted by atomic mass is 16.2. The first kappa shape index (κ1) is 23.8. The summed E-state index contributed by atoms with van der Waals surface area (Å²) in [5.41, 5.74) is 6.38. The zero-order valence-electron chi connectivity index (χ0n) is 20.6. The minimum atomic E-state index is -0.189. The smallest absolute Gasteiger partial charge is 0.258 e. The fourth-order valence-corrected chi connectivity index (χ4v) is 4.92. The Labute approximate surface area is 212 Å². The molecule has 2 amide bonds. The quantitative estimate of drug-likeness (QED) is 0.398. The maximum absolute atomic E-state index is 13.2. The molecule has 3 N–H and O–H groups in total. The van der Waals surface area contributed by atoms with Gasteiger partial charge in [0.15, 0.2) is 0 Å². The third-order valence-corrected chi connectivity index (χ3v) is 6.75. The summed E-state index contributed by atoms with van der Waals surface area (Å²) >= 11 is 0. The largest absolute Gasteiger partial charge is 0.354 e. The normalized spacial score (nSPS) is 16.8. The van der Waals surface area contributed by atoms with Gasteiger partial charge in [0.1, 0.15) is 0 Å². The van der Waals surface area contributed by atoms with Crippen molar-refractivity contribution < 1.29 is 9.59 Å². The number of carbonyl (C=O) groups is 2. The zero-order chi connectivity index (χ0) is 24.9.